The number of halogens is 3. The van der Waals surface area contributed by atoms with Gasteiger partial charge in [0.1, 0.15) is 0 Å². The fourth-order valence-electron chi connectivity index (χ4n) is 3.51. The van der Waals surface area contributed by atoms with Crippen LogP contribution in [-0.2, 0) is 27.0 Å². The Bertz CT molecular complexity index is 980. The van der Waals surface area contributed by atoms with Crippen molar-refractivity contribution in [3.05, 3.63) is 70.8 Å². The standard InChI is InChI=1S/C24H25F3N2O4/c1-16-2-4-17(5-3-16)14-28-21(30)15-33-23(32)19-10-12-29(13-11-19)22(31)18-6-8-20(9-7-18)24(25,26)27/h2-9,19H,10-15H2,1H3,(H,28,30). The van der Waals surface area contributed by atoms with E-state index in [9.17, 15) is 27.6 Å². The first-order valence-corrected chi connectivity index (χ1v) is 10.6. The van der Waals surface area contributed by atoms with Crippen LogP contribution in [0.25, 0.3) is 0 Å². The van der Waals surface area contributed by atoms with Crippen LogP contribution in [-0.4, -0.2) is 42.4 Å². The van der Waals surface area contributed by atoms with Gasteiger partial charge in [-0.2, -0.15) is 13.2 Å². The summed E-state index contributed by atoms with van der Waals surface area (Å²) < 4.78 is 43.1. The number of aryl methyl sites for hydroxylation is 1. The van der Waals surface area contributed by atoms with E-state index in [1.165, 1.54) is 4.90 Å². The fraction of sp³-hybridized carbons (Fsp3) is 0.375. The summed E-state index contributed by atoms with van der Waals surface area (Å²) in [5, 5.41) is 2.69. The third-order valence-electron chi connectivity index (χ3n) is 5.53. The number of amides is 2. The molecule has 1 aliphatic heterocycles. The lowest BCUT2D eigenvalue weighted by Crippen LogP contribution is -2.41. The Morgan fingerprint density at radius 3 is 2.18 bits per heavy atom. The minimum absolute atomic E-state index is 0.161. The number of likely N-dealkylation sites (tertiary alicyclic amines) is 1. The first-order chi connectivity index (χ1) is 15.6. The maximum absolute atomic E-state index is 12.7. The second kappa shape index (κ2) is 10.5. The molecule has 9 heteroatoms. The number of alkyl halides is 3. The lowest BCUT2D eigenvalue weighted by atomic mass is 9.96. The third kappa shape index (κ3) is 6.81. The van der Waals surface area contributed by atoms with Crippen molar-refractivity contribution in [3.8, 4) is 0 Å². The molecule has 0 saturated carbocycles. The van der Waals surface area contributed by atoms with Crippen molar-refractivity contribution in [2.75, 3.05) is 19.7 Å². The van der Waals surface area contributed by atoms with Gasteiger partial charge in [-0.25, -0.2) is 0 Å². The Hall–Kier alpha value is -3.36. The van der Waals surface area contributed by atoms with Crippen LogP contribution in [0.5, 0.6) is 0 Å². The predicted molar refractivity (Wildman–Crippen MR) is 114 cm³/mol. The summed E-state index contributed by atoms with van der Waals surface area (Å²) in [5.41, 5.74) is 1.40. The molecule has 1 N–H and O–H groups in total. The quantitative estimate of drug-likeness (QED) is 0.664. The molecule has 1 aliphatic rings. The smallest absolute Gasteiger partial charge is 0.416 e. The highest BCUT2D eigenvalue weighted by Crippen LogP contribution is 2.29. The van der Waals surface area contributed by atoms with Crippen molar-refractivity contribution in [2.45, 2.75) is 32.5 Å². The number of rotatable bonds is 6. The summed E-state index contributed by atoms with van der Waals surface area (Å²) in [6, 6.07) is 11.7. The van der Waals surface area contributed by atoms with Crippen molar-refractivity contribution >= 4 is 17.8 Å². The van der Waals surface area contributed by atoms with Crippen molar-refractivity contribution < 1.29 is 32.3 Å². The van der Waals surface area contributed by atoms with E-state index in [0.29, 0.717) is 19.4 Å². The maximum Gasteiger partial charge on any atom is 0.416 e. The number of nitrogens with zero attached hydrogens (tertiary/aromatic N) is 1. The summed E-state index contributed by atoms with van der Waals surface area (Å²) >= 11 is 0. The Labute approximate surface area is 189 Å². The van der Waals surface area contributed by atoms with Gasteiger partial charge >= 0.3 is 12.1 Å². The van der Waals surface area contributed by atoms with Crippen LogP contribution in [0.2, 0.25) is 0 Å². The molecule has 0 bridgehead atoms. The molecular weight excluding hydrogens is 437 g/mol. The van der Waals surface area contributed by atoms with E-state index >= 15 is 0 Å². The SMILES string of the molecule is Cc1ccc(CNC(=O)COC(=O)C2CCN(C(=O)c3ccc(C(F)(F)F)cc3)CC2)cc1. The van der Waals surface area contributed by atoms with Gasteiger partial charge in [-0.3, -0.25) is 14.4 Å². The first-order valence-electron chi connectivity index (χ1n) is 10.6. The number of benzene rings is 2. The van der Waals surface area contributed by atoms with Gasteiger partial charge in [0.15, 0.2) is 6.61 Å². The van der Waals surface area contributed by atoms with E-state index in [0.717, 1.165) is 35.4 Å². The van der Waals surface area contributed by atoms with Gasteiger partial charge < -0.3 is 15.0 Å². The number of hydrogen-bond acceptors (Lipinski definition) is 4. The summed E-state index contributed by atoms with van der Waals surface area (Å²) in [6.07, 6.45) is -3.75. The average Bonchev–Trinajstić information content (AvgIpc) is 2.81. The molecule has 33 heavy (non-hydrogen) atoms. The van der Waals surface area contributed by atoms with Gasteiger partial charge in [-0.1, -0.05) is 29.8 Å². The second-order valence-corrected chi connectivity index (χ2v) is 8.01. The van der Waals surface area contributed by atoms with Crippen molar-refractivity contribution in [1.29, 1.82) is 0 Å². The molecule has 0 radical (unpaired) electrons. The number of hydrogen-bond donors (Lipinski definition) is 1. The van der Waals surface area contributed by atoms with Crippen LogP contribution in [0.4, 0.5) is 13.2 Å². The lowest BCUT2D eigenvalue weighted by Gasteiger charge is -2.31. The Morgan fingerprint density at radius 1 is 1.00 bits per heavy atom. The van der Waals surface area contributed by atoms with Gasteiger partial charge in [-0.15, -0.1) is 0 Å². The summed E-state index contributed by atoms with van der Waals surface area (Å²) in [4.78, 5) is 38.3. The minimum Gasteiger partial charge on any atom is -0.455 e. The molecule has 0 aromatic heterocycles. The van der Waals surface area contributed by atoms with Crippen molar-refractivity contribution in [3.63, 3.8) is 0 Å². The maximum atomic E-state index is 12.7. The number of nitrogens with one attached hydrogen (secondary N) is 1. The van der Waals surface area contributed by atoms with E-state index in [4.69, 9.17) is 4.74 Å². The van der Waals surface area contributed by atoms with Crippen LogP contribution < -0.4 is 5.32 Å². The normalized spacial score (nSPS) is 14.6. The molecule has 176 valence electrons. The Kier molecular flexibility index (Phi) is 7.73. The molecule has 1 fully saturated rings. The highest BCUT2D eigenvalue weighted by Gasteiger charge is 2.32. The van der Waals surface area contributed by atoms with E-state index in [1.807, 2.05) is 31.2 Å². The molecule has 1 saturated heterocycles. The highest BCUT2D eigenvalue weighted by atomic mass is 19.4. The molecule has 0 spiro atoms. The third-order valence-corrected chi connectivity index (χ3v) is 5.53. The first kappa shape index (κ1) is 24.3. The molecular formula is C24H25F3N2O4. The topological polar surface area (TPSA) is 75.7 Å². The zero-order valence-corrected chi connectivity index (χ0v) is 18.2. The fourth-order valence-corrected chi connectivity index (χ4v) is 3.51. The summed E-state index contributed by atoms with van der Waals surface area (Å²) in [7, 11) is 0. The molecule has 2 aromatic rings. The van der Waals surface area contributed by atoms with E-state index in [2.05, 4.69) is 5.32 Å². The summed E-state index contributed by atoms with van der Waals surface area (Å²) in [6.45, 7) is 2.48. The predicted octanol–water partition coefficient (Wildman–Crippen LogP) is 3.73. The number of esters is 1. The van der Waals surface area contributed by atoms with Gasteiger partial charge in [-0.05, 0) is 49.6 Å². The molecule has 3 rings (SSSR count). The van der Waals surface area contributed by atoms with Crippen LogP contribution in [0.15, 0.2) is 48.5 Å². The Morgan fingerprint density at radius 2 is 1.61 bits per heavy atom. The van der Waals surface area contributed by atoms with Crippen molar-refractivity contribution in [2.24, 2.45) is 5.92 Å². The minimum atomic E-state index is -4.46. The summed E-state index contributed by atoms with van der Waals surface area (Å²) in [5.74, 6) is -1.72. The van der Waals surface area contributed by atoms with Gasteiger partial charge in [0.2, 0.25) is 0 Å². The van der Waals surface area contributed by atoms with Crippen LogP contribution in [0.1, 0.15) is 39.9 Å². The molecule has 6 nitrogen and oxygen atoms in total. The molecule has 2 aromatic carbocycles. The molecule has 1 heterocycles. The largest absolute Gasteiger partial charge is 0.455 e. The number of piperidine rings is 1. The van der Waals surface area contributed by atoms with E-state index in [1.54, 1.807) is 0 Å². The van der Waals surface area contributed by atoms with E-state index < -0.39 is 29.5 Å². The van der Waals surface area contributed by atoms with Crippen molar-refractivity contribution in [1.82, 2.24) is 10.2 Å². The average molecular weight is 462 g/mol. The molecule has 0 aliphatic carbocycles. The molecule has 0 unspecified atom stereocenters. The van der Waals surface area contributed by atoms with E-state index in [-0.39, 0.29) is 31.2 Å². The molecule has 0 atom stereocenters. The zero-order chi connectivity index (χ0) is 24.0. The zero-order valence-electron chi connectivity index (χ0n) is 18.2. The Balaban J connectivity index is 1.40. The second-order valence-electron chi connectivity index (χ2n) is 8.01. The van der Waals surface area contributed by atoms with Crippen LogP contribution >= 0.6 is 0 Å². The lowest BCUT2D eigenvalue weighted by molar-refractivity contribution is -0.153. The monoisotopic (exact) mass is 462 g/mol. The number of carbonyl (C=O) groups is 3. The highest BCUT2D eigenvalue weighted by molar-refractivity contribution is 5.94. The number of carbonyl (C=O) groups excluding carboxylic acids is 3. The number of ether oxygens (including phenoxy) is 1. The van der Waals surface area contributed by atoms with Gasteiger partial charge in [0.25, 0.3) is 11.8 Å². The van der Waals surface area contributed by atoms with Crippen LogP contribution in [0, 0.1) is 12.8 Å². The van der Waals surface area contributed by atoms with Crippen LogP contribution in [0.3, 0.4) is 0 Å². The van der Waals surface area contributed by atoms with Gasteiger partial charge in [0.05, 0.1) is 11.5 Å². The molecule has 2 amide bonds. The van der Waals surface area contributed by atoms with Gasteiger partial charge in [0, 0.05) is 25.2 Å².